The maximum absolute atomic E-state index is 9.56. The van der Waals surface area contributed by atoms with Gasteiger partial charge in [0.1, 0.15) is 12.4 Å². The SMILES string of the molecule is CN(O)C1=Cc2cccc(OCc3ccccc3)c2CC1. The molecule has 0 saturated carbocycles. The van der Waals surface area contributed by atoms with E-state index < -0.39 is 0 Å². The number of fused-ring (bicyclic) bond motifs is 1. The van der Waals surface area contributed by atoms with Gasteiger partial charge in [-0.1, -0.05) is 42.5 Å². The lowest BCUT2D eigenvalue weighted by Crippen LogP contribution is -2.15. The zero-order chi connectivity index (χ0) is 14.7. The van der Waals surface area contributed by atoms with Gasteiger partial charge in [0.25, 0.3) is 0 Å². The van der Waals surface area contributed by atoms with E-state index >= 15 is 0 Å². The molecular formula is C18H19NO2. The highest BCUT2D eigenvalue weighted by Gasteiger charge is 2.16. The summed E-state index contributed by atoms with van der Waals surface area (Å²) in [5.41, 5.74) is 4.45. The van der Waals surface area contributed by atoms with E-state index in [0.717, 1.165) is 35.4 Å². The molecule has 0 unspecified atom stereocenters. The summed E-state index contributed by atoms with van der Waals surface area (Å²) < 4.78 is 5.98. The molecule has 3 nitrogen and oxygen atoms in total. The number of ether oxygens (including phenoxy) is 1. The minimum Gasteiger partial charge on any atom is -0.489 e. The molecule has 0 aliphatic heterocycles. The van der Waals surface area contributed by atoms with Crippen LogP contribution in [0.15, 0.2) is 54.2 Å². The average Bonchev–Trinajstić information content (AvgIpc) is 2.53. The number of nitrogens with zero attached hydrogens (tertiary/aromatic N) is 1. The lowest BCUT2D eigenvalue weighted by molar-refractivity contribution is -0.0304. The third-order valence-corrected chi connectivity index (χ3v) is 3.78. The van der Waals surface area contributed by atoms with Gasteiger partial charge in [-0.2, -0.15) is 0 Å². The van der Waals surface area contributed by atoms with Crippen molar-refractivity contribution in [2.24, 2.45) is 0 Å². The fraction of sp³-hybridized carbons (Fsp3) is 0.222. The Morgan fingerprint density at radius 2 is 1.86 bits per heavy atom. The first-order valence-electron chi connectivity index (χ1n) is 7.16. The summed E-state index contributed by atoms with van der Waals surface area (Å²) >= 11 is 0. The van der Waals surface area contributed by atoms with Gasteiger partial charge >= 0.3 is 0 Å². The van der Waals surface area contributed by atoms with Crippen LogP contribution in [-0.2, 0) is 13.0 Å². The molecule has 0 saturated heterocycles. The monoisotopic (exact) mass is 281 g/mol. The van der Waals surface area contributed by atoms with Crippen LogP contribution in [0.25, 0.3) is 6.08 Å². The van der Waals surface area contributed by atoms with Crippen molar-refractivity contribution in [3.8, 4) is 5.75 Å². The van der Waals surface area contributed by atoms with Gasteiger partial charge in [0.2, 0.25) is 0 Å². The molecule has 21 heavy (non-hydrogen) atoms. The Kier molecular flexibility index (Phi) is 3.93. The van der Waals surface area contributed by atoms with Gasteiger partial charge in [0.05, 0.1) is 0 Å². The summed E-state index contributed by atoms with van der Waals surface area (Å²) in [6, 6.07) is 16.2. The second-order valence-electron chi connectivity index (χ2n) is 5.26. The van der Waals surface area contributed by atoms with Crippen molar-refractivity contribution in [3.05, 3.63) is 70.9 Å². The lowest BCUT2D eigenvalue weighted by Gasteiger charge is -2.22. The van der Waals surface area contributed by atoms with Crippen molar-refractivity contribution < 1.29 is 9.94 Å². The first-order valence-corrected chi connectivity index (χ1v) is 7.16. The Balaban J connectivity index is 1.81. The summed E-state index contributed by atoms with van der Waals surface area (Å²) in [6.07, 6.45) is 3.73. The summed E-state index contributed by atoms with van der Waals surface area (Å²) in [6.45, 7) is 0.577. The van der Waals surface area contributed by atoms with Crippen molar-refractivity contribution in [3.63, 3.8) is 0 Å². The van der Waals surface area contributed by atoms with E-state index in [1.54, 1.807) is 7.05 Å². The quantitative estimate of drug-likeness (QED) is 0.863. The third kappa shape index (κ3) is 3.09. The summed E-state index contributed by atoms with van der Waals surface area (Å²) in [4.78, 5) is 0. The molecule has 1 aliphatic carbocycles. The van der Waals surface area contributed by atoms with Gasteiger partial charge in [0.15, 0.2) is 0 Å². The minimum atomic E-state index is 0.577. The molecule has 0 radical (unpaired) electrons. The van der Waals surface area contributed by atoms with E-state index in [-0.39, 0.29) is 0 Å². The Morgan fingerprint density at radius 3 is 2.62 bits per heavy atom. The predicted molar refractivity (Wildman–Crippen MR) is 83.1 cm³/mol. The van der Waals surface area contributed by atoms with Crippen LogP contribution in [0.1, 0.15) is 23.1 Å². The molecule has 2 aromatic rings. The van der Waals surface area contributed by atoms with Gasteiger partial charge in [0, 0.05) is 18.3 Å². The van der Waals surface area contributed by atoms with Crippen LogP contribution in [0, 0.1) is 0 Å². The number of benzene rings is 2. The largest absolute Gasteiger partial charge is 0.489 e. The van der Waals surface area contributed by atoms with Gasteiger partial charge in [-0.15, -0.1) is 0 Å². The molecule has 0 fully saturated rings. The zero-order valence-corrected chi connectivity index (χ0v) is 12.1. The van der Waals surface area contributed by atoms with E-state index in [4.69, 9.17) is 4.74 Å². The first-order chi connectivity index (χ1) is 10.2. The topological polar surface area (TPSA) is 32.7 Å². The highest BCUT2D eigenvalue weighted by molar-refractivity contribution is 5.62. The fourth-order valence-corrected chi connectivity index (χ4v) is 2.62. The van der Waals surface area contributed by atoms with Crippen molar-refractivity contribution in [2.75, 3.05) is 7.05 Å². The Labute approximate surface area is 125 Å². The van der Waals surface area contributed by atoms with E-state index in [2.05, 4.69) is 18.2 Å². The van der Waals surface area contributed by atoms with Crippen LogP contribution in [0.4, 0.5) is 0 Å². The third-order valence-electron chi connectivity index (χ3n) is 3.78. The molecule has 0 heterocycles. The number of hydrogen-bond acceptors (Lipinski definition) is 3. The van der Waals surface area contributed by atoms with E-state index in [9.17, 15) is 5.21 Å². The Morgan fingerprint density at radius 1 is 1.05 bits per heavy atom. The second kappa shape index (κ2) is 6.02. The molecular weight excluding hydrogens is 262 g/mol. The minimum absolute atomic E-state index is 0.577. The molecule has 1 N–H and O–H groups in total. The zero-order valence-electron chi connectivity index (χ0n) is 12.1. The summed E-state index contributed by atoms with van der Waals surface area (Å²) in [5, 5.41) is 10.8. The van der Waals surface area contributed by atoms with Crippen molar-refractivity contribution in [1.29, 1.82) is 0 Å². The molecule has 0 atom stereocenters. The number of allylic oxidation sites excluding steroid dienone is 1. The van der Waals surface area contributed by atoms with Gasteiger partial charge < -0.3 is 4.74 Å². The van der Waals surface area contributed by atoms with Gasteiger partial charge in [-0.05, 0) is 36.1 Å². The molecule has 3 heteroatoms. The predicted octanol–water partition coefficient (Wildman–Crippen LogP) is 3.87. The Hall–Kier alpha value is -2.26. The van der Waals surface area contributed by atoms with Gasteiger partial charge in [-0.25, -0.2) is 0 Å². The molecule has 2 aromatic carbocycles. The second-order valence-corrected chi connectivity index (χ2v) is 5.26. The van der Waals surface area contributed by atoms with Crippen molar-refractivity contribution in [1.82, 2.24) is 5.06 Å². The van der Waals surface area contributed by atoms with E-state index in [0.29, 0.717) is 6.61 Å². The van der Waals surface area contributed by atoms with Crippen LogP contribution in [0.5, 0.6) is 5.75 Å². The van der Waals surface area contributed by atoms with Gasteiger partial charge in [-0.3, -0.25) is 10.3 Å². The highest BCUT2D eigenvalue weighted by atomic mass is 16.5. The van der Waals surface area contributed by atoms with Crippen LogP contribution < -0.4 is 4.74 Å². The smallest absolute Gasteiger partial charge is 0.123 e. The number of hydrogen-bond donors (Lipinski definition) is 1. The first kappa shape index (κ1) is 13.7. The molecule has 3 rings (SSSR count). The van der Waals surface area contributed by atoms with Crippen LogP contribution >= 0.6 is 0 Å². The normalized spacial score (nSPS) is 13.3. The van der Waals surface area contributed by atoms with Crippen LogP contribution in [0.2, 0.25) is 0 Å². The fourth-order valence-electron chi connectivity index (χ4n) is 2.62. The van der Waals surface area contributed by atoms with Crippen molar-refractivity contribution in [2.45, 2.75) is 19.4 Å². The molecule has 0 aromatic heterocycles. The maximum atomic E-state index is 9.56. The number of hydroxylamine groups is 2. The van der Waals surface area contributed by atoms with Crippen molar-refractivity contribution >= 4 is 6.08 Å². The van der Waals surface area contributed by atoms with E-state index in [1.807, 2.05) is 36.4 Å². The molecule has 1 aliphatic rings. The molecule has 0 amide bonds. The molecule has 108 valence electrons. The summed E-state index contributed by atoms with van der Waals surface area (Å²) in [7, 11) is 1.66. The number of rotatable bonds is 4. The Bertz CT molecular complexity index is 648. The highest BCUT2D eigenvalue weighted by Crippen LogP contribution is 2.32. The standard InChI is InChI=1S/C18H19NO2/c1-19(20)16-10-11-17-15(12-16)8-5-9-18(17)21-13-14-6-3-2-4-7-14/h2-9,12,20H,10-11,13H2,1H3. The maximum Gasteiger partial charge on any atom is 0.123 e. The molecule has 0 bridgehead atoms. The van der Waals surface area contributed by atoms with Crippen LogP contribution in [0.3, 0.4) is 0 Å². The van der Waals surface area contributed by atoms with Crippen LogP contribution in [-0.4, -0.2) is 17.3 Å². The van der Waals surface area contributed by atoms with E-state index in [1.165, 1.54) is 10.6 Å². The molecule has 0 spiro atoms. The average molecular weight is 281 g/mol. The summed E-state index contributed by atoms with van der Waals surface area (Å²) in [5.74, 6) is 0.937. The lowest BCUT2D eigenvalue weighted by atomic mass is 9.94.